The van der Waals surface area contributed by atoms with Crippen molar-refractivity contribution < 1.29 is 4.57 Å². The van der Waals surface area contributed by atoms with Gasteiger partial charge in [-0.25, -0.2) is 0 Å². The number of anilines is 1. The van der Waals surface area contributed by atoms with Gasteiger partial charge in [0.05, 0.1) is 0 Å². The molecule has 0 radical (unpaired) electrons. The zero-order valence-corrected chi connectivity index (χ0v) is 22.4. The molecule has 154 valence electrons. The van der Waals surface area contributed by atoms with Crippen LogP contribution in [0, 0.1) is 0 Å². The molecule has 0 saturated heterocycles. The van der Waals surface area contributed by atoms with Crippen molar-refractivity contribution >= 4 is 91.1 Å². The molecule has 2 aromatic carbocycles. The summed E-state index contributed by atoms with van der Waals surface area (Å²) in [4.78, 5) is 4.00. The van der Waals surface area contributed by atoms with Gasteiger partial charge in [-0.05, 0) is 0 Å². The van der Waals surface area contributed by atoms with E-state index in [2.05, 4.69) is 90.1 Å². The molecule has 0 N–H and O–H groups in total. The van der Waals surface area contributed by atoms with Gasteiger partial charge < -0.3 is 0 Å². The predicted molar refractivity (Wildman–Crippen MR) is 139 cm³/mol. The van der Waals surface area contributed by atoms with Gasteiger partial charge in [0.2, 0.25) is 0 Å². The third-order valence-electron chi connectivity index (χ3n) is 5.61. The molecule has 0 fully saturated rings. The predicted octanol–water partition coefficient (Wildman–Crippen LogP) is 6.12. The second-order valence-electron chi connectivity index (χ2n) is 7.36. The van der Waals surface area contributed by atoms with Crippen LogP contribution in [0.1, 0.15) is 18.9 Å². The van der Waals surface area contributed by atoms with E-state index >= 15 is 0 Å². The molecule has 1 aliphatic rings. The van der Waals surface area contributed by atoms with Crippen LogP contribution in [0.5, 0.6) is 0 Å². The van der Waals surface area contributed by atoms with Crippen molar-refractivity contribution in [3.05, 3.63) is 70.7 Å². The summed E-state index contributed by atoms with van der Waals surface area (Å²) in [6, 6.07) is 17.8. The standard InChI is InChI=1S/C25H21N2S2Se2/c1-3-26-20(28-22-16-10-5-7-12-18(16)30-24(22)26)14-9-15-21-27(4-2)25-23(29-21)17-11-6-8-13-19(17)31-25/h5-15H,3-4H2,1-2H3/q+1. The molecule has 0 spiro atoms. The van der Waals surface area contributed by atoms with Crippen LogP contribution < -0.4 is 9.47 Å². The Hall–Kier alpha value is -1.52. The molecular weight excluding hydrogens is 550 g/mol. The molecule has 0 amide bonds. The van der Waals surface area contributed by atoms with Gasteiger partial charge in [-0.15, -0.1) is 0 Å². The molecule has 0 saturated carbocycles. The summed E-state index contributed by atoms with van der Waals surface area (Å²) in [5.41, 5.74) is 0. The first kappa shape index (κ1) is 20.1. The van der Waals surface area contributed by atoms with E-state index in [1.807, 2.05) is 23.1 Å². The number of nitrogens with zero attached hydrogens (tertiary/aromatic N) is 2. The molecule has 0 aliphatic carbocycles. The maximum absolute atomic E-state index is 2.52. The van der Waals surface area contributed by atoms with Gasteiger partial charge in [0, 0.05) is 0 Å². The third-order valence-corrected chi connectivity index (χ3v) is 13.6. The number of rotatable bonds is 4. The van der Waals surface area contributed by atoms with Crippen LogP contribution >= 0.6 is 23.1 Å². The summed E-state index contributed by atoms with van der Waals surface area (Å²) >= 11 is 4.73. The van der Waals surface area contributed by atoms with Gasteiger partial charge in [-0.1, -0.05) is 0 Å². The summed E-state index contributed by atoms with van der Waals surface area (Å²) in [6.45, 7) is 6.59. The second-order valence-corrected chi connectivity index (χ2v) is 13.7. The zero-order chi connectivity index (χ0) is 20.9. The van der Waals surface area contributed by atoms with Crippen molar-refractivity contribution in [3.63, 3.8) is 0 Å². The minimum atomic E-state index is 0.420. The monoisotopic (exact) mass is 573 g/mol. The second kappa shape index (κ2) is 8.11. The minimum absolute atomic E-state index is 0.420. The first-order valence-corrected chi connectivity index (χ1v) is 15.5. The number of benzene rings is 2. The number of hydrogen-bond donors (Lipinski definition) is 0. The molecule has 6 heteroatoms. The Morgan fingerprint density at radius 3 is 2.48 bits per heavy atom. The quantitative estimate of drug-likeness (QED) is 0.190. The van der Waals surface area contributed by atoms with Gasteiger partial charge in [0.1, 0.15) is 0 Å². The molecular formula is C25H21N2S2Se2+. The van der Waals surface area contributed by atoms with E-state index in [1.165, 1.54) is 38.9 Å². The van der Waals surface area contributed by atoms with E-state index in [9.17, 15) is 0 Å². The van der Waals surface area contributed by atoms with Crippen LogP contribution in [0.15, 0.2) is 70.6 Å². The molecule has 0 atom stereocenters. The molecule has 1 aliphatic heterocycles. The molecule has 3 aromatic heterocycles. The fourth-order valence-corrected chi connectivity index (χ4v) is 12.9. The number of allylic oxidation sites excluding steroid dienone is 2. The average molecular weight is 572 g/mol. The van der Waals surface area contributed by atoms with E-state index in [-0.39, 0.29) is 0 Å². The Morgan fingerprint density at radius 1 is 0.968 bits per heavy atom. The topological polar surface area (TPSA) is 7.12 Å². The van der Waals surface area contributed by atoms with Crippen LogP contribution in [0.3, 0.4) is 0 Å². The first-order valence-electron chi connectivity index (χ1n) is 10.5. The Labute approximate surface area is 202 Å². The van der Waals surface area contributed by atoms with Gasteiger partial charge in [0.25, 0.3) is 0 Å². The zero-order valence-electron chi connectivity index (χ0n) is 17.3. The third kappa shape index (κ3) is 3.24. The fourth-order valence-electron chi connectivity index (χ4n) is 4.15. The summed E-state index contributed by atoms with van der Waals surface area (Å²) < 4.78 is 10.1. The summed E-state index contributed by atoms with van der Waals surface area (Å²) in [7, 11) is 0. The van der Waals surface area contributed by atoms with E-state index in [4.69, 9.17) is 0 Å². The van der Waals surface area contributed by atoms with E-state index in [0.717, 1.165) is 13.1 Å². The van der Waals surface area contributed by atoms with Crippen molar-refractivity contribution in [2.24, 2.45) is 0 Å². The Bertz CT molecular complexity index is 1500. The van der Waals surface area contributed by atoms with E-state index in [0.29, 0.717) is 29.0 Å². The fraction of sp³-hybridized carbons (Fsp3) is 0.160. The van der Waals surface area contributed by atoms with Crippen LogP contribution in [-0.2, 0) is 6.54 Å². The molecule has 2 nitrogen and oxygen atoms in total. The average Bonchev–Trinajstić information content (AvgIpc) is 3.51. The Morgan fingerprint density at radius 2 is 1.71 bits per heavy atom. The number of aromatic nitrogens is 1. The van der Waals surface area contributed by atoms with E-state index < -0.39 is 0 Å². The molecule has 31 heavy (non-hydrogen) atoms. The Balaban J connectivity index is 1.36. The summed E-state index contributed by atoms with van der Waals surface area (Å²) in [6.07, 6.45) is 6.89. The van der Waals surface area contributed by atoms with Crippen LogP contribution in [0.2, 0.25) is 0 Å². The maximum atomic E-state index is 2.52. The molecule has 6 rings (SSSR count). The molecule has 5 aromatic rings. The van der Waals surface area contributed by atoms with Crippen LogP contribution in [0.25, 0.3) is 34.5 Å². The van der Waals surface area contributed by atoms with Crippen molar-refractivity contribution in [2.45, 2.75) is 25.3 Å². The first-order chi connectivity index (χ1) is 15.3. The number of hydrogen-bond acceptors (Lipinski definition) is 3. The van der Waals surface area contributed by atoms with Crippen LogP contribution in [-0.4, -0.2) is 35.6 Å². The molecule has 4 heterocycles. The number of thiazole rings is 1. The molecule has 0 bridgehead atoms. The van der Waals surface area contributed by atoms with Crippen LogP contribution in [0.4, 0.5) is 4.56 Å². The normalized spacial score (nSPS) is 15.4. The van der Waals surface area contributed by atoms with Gasteiger partial charge >= 0.3 is 203 Å². The van der Waals surface area contributed by atoms with E-state index in [1.54, 1.807) is 8.95 Å². The van der Waals surface area contributed by atoms with Gasteiger partial charge in [-0.2, -0.15) is 0 Å². The van der Waals surface area contributed by atoms with Gasteiger partial charge in [-0.3, -0.25) is 0 Å². The van der Waals surface area contributed by atoms with Crippen molar-refractivity contribution in [1.82, 2.24) is 0 Å². The number of aryl methyl sites for hydroxylation is 1. The number of fused-ring (bicyclic) bond motifs is 6. The van der Waals surface area contributed by atoms with Crippen molar-refractivity contribution in [3.8, 4) is 0 Å². The Kier molecular flexibility index (Phi) is 5.26. The summed E-state index contributed by atoms with van der Waals surface area (Å²) in [5.74, 6) is 0. The molecule has 0 unspecified atom stereocenters. The van der Waals surface area contributed by atoms with Gasteiger partial charge in [0.15, 0.2) is 0 Å². The van der Waals surface area contributed by atoms with Crippen molar-refractivity contribution in [1.29, 1.82) is 0 Å². The summed E-state index contributed by atoms with van der Waals surface area (Å²) in [5, 5.41) is 5.63. The number of thioether (sulfide) groups is 1. The van der Waals surface area contributed by atoms with Crippen molar-refractivity contribution in [2.75, 3.05) is 11.4 Å². The SMILES string of the molecule is CCN1/C(=C/C=C/c2sc3c4ccccc4[se]c3[n+]2CC)Sc2c1[se]c1ccccc21.